The molecule has 0 saturated carbocycles. The van der Waals surface area contributed by atoms with Crippen LogP contribution in [-0.2, 0) is 11.3 Å². The summed E-state index contributed by atoms with van der Waals surface area (Å²) < 4.78 is 11.1. The highest BCUT2D eigenvalue weighted by atomic mass is 16.5. The predicted molar refractivity (Wildman–Crippen MR) is 85.1 cm³/mol. The van der Waals surface area contributed by atoms with Gasteiger partial charge in [0, 0.05) is 11.6 Å². The number of esters is 1. The first-order chi connectivity index (χ1) is 10.5. The van der Waals surface area contributed by atoms with Gasteiger partial charge in [-0.3, -0.25) is 4.90 Å². The lowest BCUT2D eigenvalue weighted by Gasteiger charge is -2.46. The van der Waals surface area contributed by atoms with Crippen LogP contribution in [0.5, 0.6) is 5.75 Å². The van der Waals surface area contributed by atoms with Gasteiger partial charge in [-0.15, -0.1) is 0 Å². The highest BCUT2D eigenvalue weighted by Gasteiger charge is 2.37. The molecule has 2 aliphatic rings. The van der Waals surface area contributed by atoms with E-state index in [1.54, 1.807) is 0 Å². The molecule has 1 aromatic rings. The largest absolute Gasteiger partial charge is 0.492 e. The van der Waals surface area contributed by atoms with Gasteiger partial charge in [0.2, 0.25) is 0 Å². The van der Waals surface area contributed by atoms with Crippen molar-refractivity contribution >= 4 is 5.97 Å². The van der Waals surface area contributed by atoms with Crippen LogP contribution < -0.4 is 4.74 Å². The molecule has 1 fully saturated rings. The number of cyclic esters (lactones) is 1. The van der Waals surface area contributed by atoms with Crippen molar-refractivity contribution in [2.45, 2.75) is 46.3 Å². The average Bonchev–Trinajstić information content (AvgIpc) is 2.86. The quantitative estimate of drug-likeness (QED) is 0.800. The molecule has 4 nitrogen and oxygen atoms in total. The van der Waals surface area contributed by atoms with Gasteiger partial charge in [-0.1, -0.05) is 20.8 Å². The van der Waals surface area contributed by atoms with Crippen LogP contribution >= 0.6 is 0 Å². The van der Waals surface area contributed by atoms with Crippen LogP contribution in [0, 0.1) is 5.41 Å². The van der Waals surface area contributed by atoms with Crippen molar-refractivity contribution in [2.24, 2.45) is 5.41 Å². The topological polar surface area (TPSA) is 38.8 Å². The molecule has 120 valence electrons. The first-order valence-electron chi connectivity index (χ1n) is 8.18. The number of benzene rings is 1. The minimum atomic E-state index is -0.230. The van der Waals surface area contributed by atoms with E-state index in [0.29, 0.717) is 24.8 Å². The van der Waals surface area contributed by atoms with Gasteiger partial charge in [-0.05, 0) is 49.5 Å². The Kier molecular flexibility index (Phi) is 4.13. The van der Waals surface area contributed by atoms with E-state index in [1.807, 2.05) is 18.2 Å². The number of likely N-dealkylation sites (N-methyl/N-ethyl adjacent to an activating group) is 1. The van der Waals surface area contributed by atoms with Crippen LogP contribution in [0.4, 0.5) is 0 Å². The maximum absolute atomic E-state index is 11.5. The smallest absolute Gasteiger partial charge is 0.338 e. The Morgan fingerprint density at radius 3 is 3.00 bits per heavy atom. The normalized spacial score (nSPS) is 24.0. The Morgan fingerprint density at radius 1 is 1.41 bits per heavy atom. The zero-order valence-electron chi connectivity index (χ0n) is 13.7. The van der Waals surface area contributed by atoms with E-state index in [-0.39, 0.29) is 11.4 Å². The maximum Gasteiger partial charge on any atom is 0.338 e. The SMILES string of the molecule is CCN1CCCC(C)(C)C1COc1ccc2c(c1)COC2=O. The molecule has 0 N–H and O–H groups in total. The highest BCUT2D eigenvalue weighted by Crippen LogP contribution is 2.35. The summed E-state index contributed by atoms with van der Waals surface area (Å²) in [7, 11) is 0. The van der Waals surface area contributed by atoms with Crippen LogP contribution in [-0.4, -0.2) is 36.6 Å². The van der Waals surface area contributed by atoms with Crippen molar-refractivity contribution in [3.05, 3.63) is 29.3 Å². The number of carbonyl (C=O) groups is 1. The lowest BCUT2D eigenvalue weighted by Crippen LogP contribution is -2.52. The molecule has 0 bridgehead atoms. The second kappa shape index (κ2) is 5.92. The van der Waals surface area contributed by atoms with Crippen LogP contribution in [0.1, 0.15) is 49.5 Å². The molecule has 1 unspecified atom stereocenters. The van der Waals surface area contributed by atoms with E-state index < -0.39 is 0 Å². The zero-order chi connectivity index (χ0) is 15.7. The van der Waals surface area contributed by atoms with Crippen molar-refractivity contribution in [3.63, 3.8) is 0 Å². The van der Waals surface area contributed by atoms with E-state index >= 15 is 0 Å². The fraction of sp³-hybridized carbons (Fsp3) is 0.611. The van der Waals surface area contributed by atoms with Gasteiger partial charge in [0.25, 0.3) is 0 Å². The summed E-state index contributed by atoms with van der Waals surface area (Å²) in [5.74, 6) is 0.599. The number of nitrogens with zero attached hydrogens (tertiary/aromatic N) is 1. The summed E-state index contributed by atoms with van der Waals surface area (Å²) >= 11 is 0. The van der Waals surface area contributed by atoms with Gasteiger partial charge in [0.15, 0.2) is 0 Å². The molecule has 2 aliphatic heterocycles. The Hall–Kier alpha value is -1.55. The Morgan fingerprint density at radius 2 is 2.23 bits per heavy atom. The summed E-state index contributed by atoms with van der Waals surface area (Å²) in [6, 6.07) is 6.05. The molecule has 3 rings (SSSR count). The standard InChI is InChI=1S/C18H25NO3/c1-4-19-9-5-8-18(2,3)16(19)12-21-14-6-7-15-13(10-14)11-22-17(15)20/h6-7,10,16H,4-5,8-9,11-12H2,1-3H3. The first-order valence-corrected chi connectivity index (χ1v) is 8.18. The number of fused-ring (bicyclic) bond motifs is 1. The van der Waals surface area contributed by atoms with E-state index in [4.69, 9.17) is 9.47 Å². The zero-order valence-corrected chi connectivity index (χ0v) is 13.7. The van der Waals surface area contributed by atoms with Gasteiger partial charge in [0.05, 0.1) is 5.56 Å². The number of hydrogen-bond acceptors (Lipinski definition) is 4. The second-order valence-corrected chi connectivity index (χ2v) is 6.94. The summed E-state index contributed by atoms with van der Waals surface area (Å²) in [6.45, 7) is 10.1. The molecular weight excluding hydrogens is 278 g/mol. The van der Waals surface area contributed by atoms with Crippen molar-refractivity contribution in [2.75, 3.05) is 19.7 Å². The predicted octanol–water partition coefficient (Wildman–Crippen LogP) is 3.25. The number of hydrogen-bond donors (Lipinski definition) is 0. The number of piperidine rings is 1. The van der Waals surface area contributed by atoms with Gasteiger partial charge >= 0.3 is 5.97 Å². The fourth-order valence-electron chi connectivity index (χ4n) is 3.64. The second-order valence-electron chi connectivity index (χ2n) is 6.94. The monoisotopic (exact) mass is 303 g/mol. The molecule has 0 aromatic heterocycles. The third kappa shape index (κ3) is 2.84. The molecule has 1 aromatic carbocycles. The Bertz CT molecular complexity index is 567. The van der Waals surface area contributed by atoms with Gasteiger partial charge in [-0.25, -0.2) is 4.79 Å². The van der Waals surface area contributed by atoms with E-state index in [2.05, 4.69) is 25.7 Å². The van der Waals surface area contributed by atoms with Crippen molar-refractivity contribution < 1.29 is 14.3 Å². The molecule has 1 saturated heterocycles. The van der Waals surface area contributed by atoms with Crippen LogP contribution in [0.15, 0.2) is 18.2 Å². The third-order valence-electron chi connectivity index (χ3n) is 5.08. The summed E-state index contributed by atoms with van der Waals surface area (Å²) in [6.07, 6.45) is 2.50. The summed E-state index contributed by atoms with van der Waals surface area (Å²) in [5.41, 5.74) is 1.86. The lowest BCUT2D eigenvalue weighted by atomic mass is 9.76. The van der Waals surface area contributed by atoms with Crippen LogP contribution in [0.25, 0.3) is 0 Å². The molecule has 1 atom stereocenters. The number of rotatable bonds is 4. The van der Waals surface area contributed by atoms with Crippen LogP contribution in [0.3, 0.4) is 0 Å². The minimum absolute atomic E-state index is 0.230. The average molecular weight is 303 g/mol. The number of ether oxygens (including phenoxy) is 2. The molecule has 4 heteroatoms. The third-order valence-corrected chi connectivity index (χ3v) is 5.08. The van der Waals surface area contributed by atoms with Gasteiger partial charge in [0.1, 0.15) is 19.0 Å². The van der Waals surface area contributed by atoms with Gasteiger partial charge in [-0.2, -0.15) is 0 Å². The number of likely N-dealkylation sites (tertiary alicyclic amines) is 1. The summed E-state index contributed by atoms with van der Waals surface area (Å²) in [4.78, 5) is 14.0. The van der Waals surface area contributed by atoms with Crippen molar-refractivity contribution in [1.82, 2.24) is 4.90 Å². The van der Waals surface area contributed by atoms with E-state index in [1.165, 1.54) is 12.8 Å². The highest BCUT2D eigenvalue weighted by molar-refractivity contribution is 5.93. The lowest BCUT2D eigenvalue weighted by molar-refractivity contribution is 0.0112. The van der Waals surface area contributed by atoms with E-state index in [0.717, 1.165) is 24.4 Å². The Labute approximate surface area is 132 Å². The van der Waals surface area contributed by atoms with Crippen LogP contribution in [0.2, 0.25) is 0 Å². The Balaban J connectivity index is 1.70. The molecule has 0 aliphatic carbocycles. The first kappa shape index (κ1) is 15.3. The van der Waals surface area contributed by atoms with Crippen molar-refractivity contribution in [3.8, 4) is 5.75 Å². The maximum atomic E-state index is 11.5. The molecular formula is C18H25NO3. The molecule has 0 radical (unpaired) electrons. The fourth-order valence-corrected chi connectivity index (χ4v) is 3.64. The van der Waals surface area contributed by atoms with Crippen molar-refractivity contribution in [1.29, 1.82) is 0 Å². The number of carbonyl (C=O) groups excluding carboxylic acids is 1. The minimum Gasteiger partial charge on any atom is -0.492 e. The molecule has 22 heavy (non-hydrogen) atoms. The molecule has 0 amide bonds. The molecule has 0 spiro atoms. The van der Waals surface area contributed by atoms with E-state index in [9.17, 15) is 4.79 Å². The molecule has 2 heterocycles. The van der Waals surface area contributed by atoms with Gasteiger partial charge < -0.3 is 9.47 Å². The summed E-state index contributed by atoms with van der Waals surface area (Å²) in [5, 5.41) is 0.